The molecule has 3 N–H and O–H groups in total. The third kappa shape index (κ3) is 3.51. The summed E-state index contributed by atoms with van der Waals surface area (Å²) in [6.07, 6.45) is 2.17. The summed E-state index contributed by atoms with van der Waals surface area (Å²) < 4.78 is 0. The minimum Gasteiger partial charge on any atom is -0.399 e. The first-order valence-electron chi connectivity index (χ1n) is 7.25. The fourth-order valence-corrected chi connectivity index (χ4v) is 2.40. The number of aryl methyl sites for hydroxylation is 1. The number of hydrogen-bond donors (Lipinski definition) is 2. The third-order valence-corrected chi connectivity index (χ3v) is 3.50. The molecule has 3 heteroatoms. The highest BCUT2D eigenvalue weighted by Crippen LogP contribution is 2.18. The number of nitrogens with zero attached hydrogens (tertiary/aromatic N) is 1. The lowest BCUT2D eigenvalue weighted by Gasteiger charge is -2.07. The Bertz CT molecular complexity index is 723. The number of fused-ring (bicyclic) bond motifs is 1. The van der Waals surface area contributed by atoms with Crippen molar-refractivity contribution in [2.75, 3.05) is 17.6 Å². The normalized spacial score (nSPS) is 10.7. The van der Waals surface area contributed by atoms with Gasteiger partial charge in [0.15, 0.2) is 0 Å². The van der Waals surface area contributed by atoms with Crippen LogP contribution in [0.5, 0.6) is 0 Å². The molecule has 1 heterocycles. The molecular formula is C18H19N3. The summed E-state index contributed by atoms with van der Waals surface area (Å²) in [7, 11) is 0. The average molecular weight is 277 g/mol. The van der Waals surface area contributed by atoms with Crippen LogP contribution in [0.2, 0.25) is 0 Å². The lowest BCUT2D eigenvalue weighted by molar-refractivity contribution is 0.860. The molecule has 21 heavy (non-hydrogen) atoms. The zero-order valence-electron chi connectivity index (χ0n) is 11.9. The van der Waals surface area contributed by atoms with Crippen LogP contribution < -0.4 is 11.1 Å². The van der Waals surface area contributed by atoms with Crippen molar-refractivity contribution in [2.24, 2.45) is 0 Å². The largest absolute Gasteiger partial charge is 0.399 e. The zero-order valence-corrected chi connectivity index (χ0v) is 11.9. The molecule has 0 aliphatic carbocycles. The van der Waals surface area contributed by atoms with E-state index in [1.807, 2.05) is 30.3 Å². The Hall–Kier alpha value is -2.55. The number of nitrogens with two attached hydrogens (primary N) is 1. The van der Waals surface area contributed by atoms with E-state index >= 15 is 0 Å². The van der Waals surface area contributed by atoms with Gasteiger partial charge in [-0.05, 0) is 48.7 Å². The molecule has 2 aromatic carbocycles. The van der Waals surface area contributed by atoms with Gasteiger partial charge in [0.2, 0.25) is 0 Å². The zero-order chi connectivity index (χ0) is 14.5. The van der Waals surface area contributed by atoms with E-state index in [9.17, 15) is 0 Å². The van der Waals surface area contributed by atoms with Gasteiger partial charge in [-0.15, -0.1) is 0 Å². The van der Waals surface area contributed by atoms with Gasteiger partial charge in [-0.1, -0.05) is 30.3 Å². The van der Waals surface area contributed by atoms with Crippen molar-refractivity contribution in [3.63, 3.8) is 0 Å². The summed E-state index contributed by atoms with van der Waals surface area (Å²) in [6.45, 7) is 0.919. The maximum Gasteiger partial charge on any atom is 0.126 e. The molecule has 0 fully saturated rings. The minimum atomic E-state index is 0.771. The molecule has 0 radical (unpaired) electrons. The van der Waals surface area contributed by atoms with Crippen molar-refractivity contribution in [3.8, 4) is 0 Å². The summed E-state index contributed by atoms with van der Waals surface area (Å²) in [5.41, 5.74) is 8.89. The summed E-state index contributed by atoms with van der Waals surface area (Å²) in [4.78, 5) is 4.59. The van der Waals surface area contributed by atoms with E-state index in [0.717, 1.165) is 41.8 Å². The maximum absolute atomic E-state index is 5.77. The molecule has 106 valence electrons. The number of nitrogens with one attached hydrogen (secondary N) is 1. The van der Waals surface area contributed by atoms with Crippen molar-refractivity contribution >= 4 is 22.4 Å². The average Bonchev–Trinajstić information content (AvgIpc) is 2.52. The van der Waals surface area contributed by atoms with Gasteiger partial charge in [-0.3, -0.25) is 0 Å². The highest BCUT2D eigenvalue weighted by atomic mass is 15.0. The van der Waals surface area contributed by atoms with E-state index in [0.29, 0.717) is 0 Å². The molecule has 0 aliphatic rings. The number of aromatic nitrogens is 1. The van der Waals surface area contributed by atoms with Gasteiger partial charge in [0.25, 0.3) is 0 Å². The van der Waals surface area contributed by atoms with Gasteiger partial charge >= 0.3 is 0 Å². The van der Waals surface area contributed by atoms with Crippen molar-refractivity contribution in [3.05, 3.63) is 66.2 Å². The molecule has 0 spiro atoms. The van der Waals surface area contributed by atoms with Crippen LogP contribution >= 0.6 is 0 Å². The number of benzene rings is 2. The number of anilines is 2. The molecule has 1 aromatic heterocycles. The van der Waals surface area contributed by atoms with Gasteiger partial charge in [-0.25, -0.2) is 4.98 Å². The standard InChI is InChI=1S/C18H19N3/c19-16-9-10-17-15(13-16)8-11-18(21-17)20-12-4-7-14-5-2-1-3-6-14/h1-3,5-6,8-11,13H,4,7,12,19H2,(H,20,21). The Labute approximate surface area is 124 Å². The van der Waals surface area contributed by atoms with E-state index in [2.05, 4.69) is 40.6 Å². The number of pyridine rings is 1. The molecule has 3 rings (SSSR count). The maximum atomic E-state index is 5.77. The molecule has 0 saturated heterocycles. The summed E-state index contributed by atoms with van der Waals surface area (Å²) in [5, 5.41) is 4.45. The molecule has 0 saturated carbocycles. The monoisotopic (exact) mass is 277 g/mol. The van der Waals surface area contributed by atoms with Gasteiger partial charge < -0.3 is 11.1 Å². The van der Waals surface area contributed by atoms with E-state index in [1.54, 1.807) is 0 Å². The Morgan fingerprint density at radius 1 is 0.952 bits per heavy atom. The van der Waals surface area contributed by atoms with E-state index in [1.165, 1.54) is 5.56 Å². The van der Waals surface area contributed by atoms with Crippen LogP contribution in [0, 0.1) is 0 Å². The van der Waals surface area contributed by atoms with Gasteiger partial charge in [0.05, 0.1) is 5.52 Å². The van der Waals surface area contributed by atoms with E-state index < -0.39 is 0 Å². The van der Waals surface area contributed by atoms with Crippen LogP contribution in [0.3, 0.4) is 0 Å². The van der Waals surface area contributed by atoms with Crippen LogP contribution in [0.25, 0.3) is 10.9 Å². The van der Waals surface area contributed by atoms with Gasteiger partial charge in [-0.2, -0.15) is 0 Å². The predicted octanol–water partition coefficient (Wildman–Crippen LogP) is 3.86. The van der Waals surface area contributed by atoms with E-state index in [4.69, 9.17) is 5.73 Å². The SMILES string of the molecule is Nc1ccc2nc(NCCCc3ccccc3)ccc2c1. The van der Waals surface area contributed by atoms with Crippen molar-refractivity contribution in [2.45, 2.75) is 12.8 Å². The van der Waals surface area contributed by atoms with Gasteiger partial charge in [0.1, 0.15) is 5.82 Å². The van der Waals surface area contributed by atoms with Gasteiger partial charge in [0, 0.05) is 17.6 Å². The molecule has 3 aromatic rings. The lowest BCUT2D eigenvalue weighted by atomic mass is 10.1. The van der Waals surface area contributed by atoms with Crippen molar-refractivity contribution in [1.29, 1.82) is 0 Å². The minimum absolute atomic E-state index is 0.771. The molecule has 0 bridgehead atoms. The number of rotatable bonds is 5. The number of nitrogen functional groups attached to an aromatic ring is 1. The topological polar surface area (TPSA) is 50.9 Å². The Morgan fingerprint density at radius 3 is 2.67 bits per heavy atom. The Morgan fingerprint density at radius 2 is 1.81 bits per heavy atom. The first-order chi connectivity index (χ1) is 10.3. The highest BCUT2D eigenvalue weighted by molar-refractivity contribution is 5.83. The van der Waals surface area contributed by atoms with Crippen LogP contribution in [-0.2, 0) is 6.42 Å². The molecular weight excluding hydrogens is 258 g/mol. The molecule has 0 amide bonds. The quantitative estimate of drug-likeness (QED) is 0.550. The summed E-state index contributed by atoms with van der Waals surface area (Å²) >= 11 is 0. The first-order valence-corrected chi connectivity index (χ1v) is 7.25. The summed E-state index contributed by atoms with van der Waals surface area (Å²) in [6, 6.07) is 20.4. The molecule has 0 unspecified atom stereocenters. The molecule has 3 nitrogen and oxygen atoms in total. The summed E-state index contributed by atoms with van der Waals surface area (Å²) in [5.74, 6) is 0.917. The Kier molecular flexibility index (Phi) is 4.01. The number of hydrogen-bond acceptors (Lipinski definition) is 3. The van der Waals surface area contributed by atoms with E-state index in [-0.39, 0.29) is 0 Å². The second-order valence-electron chi connectivity index (χ2n) is 5.16. The van der Waals surface area contributed by atoms with Crippen LogP contribution in [0.1, 0.15) is 12.0 Å². The van der Waals surface area contributed by atoms with Crippen molar-refractivity contribution < 1.29 is 0 Å². The fourth-order valence-electron chi connectivity index (χ4n) is 2.40. The smallest absolute Gasteiger partial charge is 0.126 e. The Balaban J connectivity index is 1.57. The lowest BCUT2D eigenvalue weighted by Crippen LogP contribution is -2.04. The van der Waals surface area contributed by atoms with Crippen LogP contribution in [0.4, 0.5) is 11.5 Å². The third-order valence-electron chi connectivity index (χ3n) is 3.50. The highest BCUT2D eigenvalue weighted by Gasteiger charge is 1.99. The van der Waals surface area contributed by atoms with Crippen LogP contribution in [-0.4, -0.2) is 11.5 Å². The van der Waals surface area contributed by atoms with Crippen LogP contribution in [0.15, 0.2) is 60.7 Å². The second kappa shape index (κ2) is 6.27. The first kappa shape index (κ1) is 13.4. The second-order valence-corrected chi connectivity index (χ2v) is 5.16. The fraction of sp³-hybridized carbons (Fsp3) is 0.167. The molecule has 0 atom stereocenters. The molecule has 0 aliphatic heterocycles. The van der Waals surface area contributed by atoms with Crippen molar-refractivity contribution in [1.82, 2.24) is 4.98 Å². The predicted molar refractivity (Wildman–Crippen MR) is 89.4 cm³/mol.